The predicted molar refractivity (Wildman–Crippen MR) is 65.2 cm³/mol. The first kappa shape index (κ1) is 10.6. The van der Waals surface area contributed by atoms with Gasteiger partial charge in [-0.25, -0.2) is 4.98 Å². The van der Waals surface area contributed by atoms with Gasteiger partial charge in [-0.3, -0.25) is 4.98 Å². The highest BCUT2D eigenvalue weighted by atomic mass is 15.0. The van der Waals surface area contributed by atoms with E-state index in [4.69, 9.17) is 0 Å². The van der Waals surface area contributed by atoms with Gasteiger partial charge in [0.05, 0.1) is 6.04 Å². The summed E-state index contributed by atoms with van der Waals surface area (Å²) in [5, 5.41) is 3.39. The molecule has 0 spiro atoms. The van der Waals surface area contributed by atoms with E-state index < -0.39 is 0 Å². The van der Waals surface area contributed by atoms with E-state index in [9.17, 15) is 0 Å². The third-order valence-electron chi connectivity index (χ3n) is 2.57. The minimum atomic E-state index is 0.233. The molecule has 3 heteroatoms. The number of hydrogen-bond acceptors (Lipinski definition) is 3. The Morgan fingerprint density at radius 2 is 1.88 bits per heavy atom. The first-order valence-corrected chi connectivity index (χ1v) is 5.35. The third-order valence-corrected chi connectivity index (χ3v) is 2.57. The predicted octanol–water partition coefficient (Wildman–Crippen LogP) is 2.96. The molecule has 82 valence electrons. The fourth-order valence-electron chi connectivity index (χ4n) is 1.58. The lowest BCUT2D eigenvalue weighted by Gasteiger charge is -2.15. The molecule has 0 bridgehead atoms. The Morgan fingerprint density at radius 1 is 1.12 bits per heavy atom. The molecule has 0 aliphatic rings. The number of pyridine rings is 2. The number of aryl methyl sites for hydroxylation is 1. The van der Waals surface area contributed by atoms with Gasteiger partial charge in [-0.05, 0) is 43.2 Å². The summed E-state index contributed by atoms with van der Waals surface area (Å²) in [6, 6.07) is 8.24. The average Bonchev–Trinajstić information content (AvgIpc) is 2.33. The quantitative estimate of drug-likeness (QED) is 0.851. The lowest BCUT2D eigenvalue weighted by atomic mass is 10.1. The minimum absolute atomic E-state index is 0.233. The second-order valence-corrected chi connectivity index (χ2v) is 3.82. The molecular weight excluding hydrogens is 198 g/mol. The lowest BCUT2D eigenvalue weighted by molar-refractivity contribution is 0.868. The Balaban J connectivity index is 2.14. The van der Waals surface area contributed by atoms with Gasteiger partial charge in [0.15, 0.2) is 0 Å². The van der Waals surface area contributed by atoms with Crippen LogP contribution in [0, 0.1) is 6.92 Å². The number of rotatable bonds is 3. The maximum atomic E-state index is 4.32. The first-order chi connectivity index (χ1) is 7.77. The lowest BCUT2D eigenvalue weighted by Crippen LogP contribution is -2.08. The van der Waals surface area contributed by atoms with Crippen molar-refractivity contribution in [3.8, 4) is 0 Å². The monoisotopic (exact) mass is 213 g/mol. The first-order valence-electron chi connectivity index (χ1n) is 5.35. The van der Waals surface area contributed by atoms with Crippen LogP contribution in [0.5, 0.6) is 0 Å². The maximum Gasteiger partial charge on any atom is 0.129 e. The zero-order valence-corrected chi connectivity index (χ0v) is 9.51. The van der Waals surface area contributed by atoms with E-state index in [1.54, 1.807) is 18.6 Å². The average molecular weight is 213 g/mol. The van der Waals surface area contributed by atoms with Crippen molar-refractivity contribution in [2.75, 3.05) is 5.32 Å². The summed E-state index contributed by atoms with van der Waals surface area (Å²) in [5.74, 6) is 0.937. The highest BCUT2D eigenvalue weighted by molar-refractivity contribution is 5.44. The molecule has 2 rings (SSSR count). The Morgan fingerprint density at radius 3 is 2.56 bits per heavy atom. The third kappa shape index (κ3) is 2.37. The zero-order valence-electron chi connectivity index (χ0n) is 9.51. The molecule has 3 nitrogen and oxygen atoms in total. The molecule has 2 aromatic heterocycles. The van der Waals surface area contributed by atoms with E-state index in [0.29, 0.717) is 0 Å². The highest BCUT2D eigenvalue weighted by Gasteiger charge is 2.06. The van der Waals surface area contributed by atoms with E-state index in [-0.39, 0.29) is 6.04 Å². The topological polar surface area (TPSA) is 37.8 Å². The van der Waals surface area contributed by atoms with Gasteiger partial charge in [0.25, 0.3) is 0 Å². The molecule has 2 heterocycles. The molecule has 0 fully saturated rings. The fraction of sp³-hybridized carbons (Fsp3) is 0.231. The van der Waals surface area contributed by atoms with E-state index in [1.165, 1.54) is 5.56 Å². The number of aromatic nitrogens is 2. The van der Waals surface area contributed by atoms with Crippen LogP contribution in [0.1, 0.15) is 24.1 Å². The van der Waals surface area contributed by atoms with Crippen LogP contribution >= 0.6 is 0 Å². The van der Waals surface area contributed by atoms with Crippen molar-refractivity contribution in [1.82, 2.24) is 9.97 Å². The van der Waals surface area contributed by atoms with Crippen molar-refractivity contribution in [2.45, 2.75) is 19.9 Å². The normalized spacial score (nSPS) is 12.1. The van der Waals surface area contributed by atoms with Crippen LogP contribution in [0.4, 0.5) is 5.82 Å². The maximum absolute atomic E-state index is 4.32. The number of anilines is 1. The minimum Gasteiger partial charge on any atom is -0.363 e. The van der Waals surface area contributed by atoms with Crippen molar-refractivity contribution >= 4 is 5.82 Å². The van der Waals surface area contributed by atoms with Crippen LogP contribution in [-0.4, -0.2) is 9.97 Å². The summed E-state index contributed by atoms with van der Waals surface area (Å²) >= 11 is 0. The molecule has 0 amide bonds. The molecule has 0 aliphatic carbocycles. The fourth-order valence-corrected chi connectivity index (χ4v) is 1.58. The number of nitrogens with zero attached hydrogens (tertiary/aromatic N) is 2. The van der Waals surface area contributed by atoms with Crippen molar-refractivity contribution in [2.24, 2.45) is 0 Å². The highest BCUT2D eigenvalue weighted by Crippen LogP contribution is 2.18. The van der Waals surface area contributed by atoms with Gasteiger partial charge in [-0.1, -0.05) is 6.07 Å². The van der Waals surface area contributed by atoms with Gasteiger partial charge in [0, 0.05) is 18.6 Å². The Labute approximate surface area is 95.6 Å². The largest absolute Gasteiger partial charge is 0.363 e. The summed E-state index contributed by atoms with van der Waals surface area (Å²) < 4.78 is 0. The van der Waals surface area contributed by atoms with Gasteiger partial charge in [-0.2, -0.15) is 0 Å². The van der Waals surface area contributed by atoms with Gasteiger partial charge < -0.3 is 5.32 Å². The number of hydrogen-bond donors (Lipinski definition) is 1. The van der Waals surface area contributed by atoms with E-state index in [1.807, 2.05) is 18.2 Å². The summed E-state index contributed by atoms with van der Waals surface area (Å²) in [6.45, 7) is 4.16. The molecule has 1 N–H and O–H groups in total. The molecule has 0 saturated heterocycles. The van der Waals surface area contributed by atoms with Crippen LogP contribution in [0.2, 0.25) is 0 Å². The van der Waals surface area contributed by atoms with Crippen LogP contribution in [0.3, 0.4) is 0 Å². The summed E-state index contributed by atoms with van der Waals surface area (Å²) in [5.41, 5.74) is 2.36. The van der Waals surface area contributed by atoms with E-state index >= 15 is 0 Å². The molecule has 1 unspecified atom stereocenters. The molecule has 16 heavy (non-hydrogen) atoms. The van der Waals surface area contributed by atoms with E-state index in [0.717, 1.165) is 11.4 Å². The van der Waals surface area contributed by atoms with Gasteiger partial charge in [0.2, 0.25) is 0 Å². The SMILES string of the molecule is Cc1cccnc1NC(C)c1ccncc1. The van der Waals surface area contributed by atoms with E-state index in [2.05, 4.69) is 35.2 Å². The van der Waals surface area contributed by atoms with Crippen LogP contribution in [0.15, 0.2) is 42.9 Å². The van der Waals surface area contributed by atoms with Crippen molar-refractivity contribution in [1.29, 1.82) is 0 Å². The van der Waals surface area contributed by atoms with Crippen molar-refractivity contribution in [3.05, 3.63) is 54.0 Å². The van der Waals surface area contributed by atoms with Gasteiger partial charge in [-0.15, -0.1) is 0 Å². The molecule has 0 saturated carbocycles. The standard InChI is InChI=1S/C13H15N3/c1-10-4-3-7-15-13(10)16-11(2)12-5-8-14-9-6-12/h3-9,11H,1-2H3,(H,15,16). The molecule has 2 aromatic rings. The smallest absolute Gasteiger partial charge is 0.129 e. The van der Waals surface area contributed by atoms with Crippen molar-refractivity contribution in [3.63, 3.8) is 0 Å². The van der Waals surface area contributed by atoms with Crippen LogP contribution in [-0.2, 0) is 0 Å². The summed E-state index contributed by atoms with van der Waals surface area (Å²) in [4.78, 5) is 8.33. The Hall–Kier alpha value is -1.90. The number of nitrogens with one attached hydrogen (secondary N) is 1. The molecule has 0 radical (unpaired) electrons. The van der Waals surface area contributed by atoms with Crippen LogP contribution in [0.25, 0.3) is 0 Å². The Bertz CT molecular complexity index is 454. The second-order valence-electron chi connectivity index (χ2n) is 3.82. The van der Waals surface area contributed by atoms with Gasteiger partial charge >= 0.3 is 0 Å². The van der Waals surface area contributed by atoms with Crippen molar-refractivity contribution < 1.29 is 0 Å². The zero-order chi connectivity index (χ0) is 11.4. The van der Waals surface area contributed by atoms with Crippen LogP contribution < -0.4 is 5.32 Å². The Kier molecular flexibility index (Phi) is 3.15. The molecule has 0 aliphatic heterocycles. The molecule has 1 atom stereocenters. The van der Waals surface area contributed by atoms with Gasteiger partial charge in [0.1, 0.15) is 5.82 Å². The molecule has 0 aromatic carbocycles. The second kappa shape index (κ2) is 4.75. The summed E-state index contributed by atoms with van der Waals surface area (Å²) in [6.07, 6.45) is 5.41. The summed E-state index contributed by atoms with van der Waals surface area (Å²) in [7, 11) is 0. The molecular formula is C13H15N3.